The first-order valence-electron chi connectivity index (χ1n) is 7.36. The molecule has 0 bridgehead atoms. The molecule has 0 amide bonds. The second-order valence-corrected chi connectivity index (χ2v) is 6.70. The van der Waals surface area contributed by atoms with Crippen LogP contribution in [-0.2, 0) is 6.54 Å². The van der Waals surface area contributed by atoms with E-state index in [4.69, 9.17) is 11.6 Å². The van der Waals surface area contributed by atoms with E-state index in [1.807, 2.05) is 11.8 Å². The Balaban J connectivity index is 0.00000288. The van der Waals surface area contributed by atoms with Gasteiger partial charge in [0.1, 0.15) is 5.75 Å². The highest BCUT2D eigenvalue weighted by Gasteiger charge is 2.15. The van der Waals surface area contributed by atoms with Crippen LogP contribution in [0.15, 0.2) is 23.2 Å². The van der Waals surface area contributed by atoms with Crippen molar-refractivity contribution in [3.05, 3.63) is 28.8 Å². The summed E-state index contributed by atoms with van der Waals surface area (Å²) >= 11 is 7.85. The van der Waals surface area contributed by atoms with Crippen molar-refractivity contribution in [3.8, 4) is 5.75 Å². The normalized spacial score (nSPS) is 18.0. The second-order valence-electron chi connectivity index (χ2n) is 5.11. The van der Waals surface area contributed by atoms with Gasteiger partial charge in [-0.2, -0.15) is 20.5 Å². The number of alkyl halides is 2. The number of aliphatic imine (C=N–C) groups is 1. The van der Waals surface area contributed by atoms with Crippen molar-refractivity contribution < 1.29 is 13.5 Å². The summed E-state index contributed by atoms with van der Waals surface area (Å²) in [5.41, 5.74) is 0.554. The quantitative estimate of drug-likeness (QED) is 0.370. The molecule has 2 rings (SSSR count). The van der Waals surface area contributed by atoms with Gasteiger partial charge in [0.05, 0.1) is 0 Å². The van der Waals surface area contributed by atoms with Crippen LogP contribution in [-0.4, -0.2) is 37.2 Å². The molecule has 1 aromatic carbocycles. The van der Waals surface area contributed by atoms with Gasteiger partial charge in [-0.3, -0.25) is 4.99 Å². The van der Waals surface area contributed by atoms with Crippen LogP contribution in [0.4, 0.5) is 8.78 Å². The van der Waals surface area contributed by atoms with Gasteiger partial charge in [-0.05, 0) is 36.8 Å². The fourth-order valence-corrected chi connectivity index (χ4v) is 3.59. The van der Waals surface area contributed by atoms with Crippen LogP contribution < -0.4 is 15.4 Å². The second kappa shape index (κ2) is 11.2. The van der Waals surface area contributed by atoms with Crippen LogP contribution in [0.3, 0.4) is 0 Å². The smallest absolute Gasteiger partial charge is 0.387 e. The van der Waals surface area contributed by atoms with Crippen molar-refractivity contribution in [2.45, 2.75) is 32.0 Å². The van der Waals surface area contributed by atoms with Crippen molar-refractivity contribution in [1.82, 2.24) is 10.6 Å². The van der Waals surface area contributed by atoms with Crippen molar-refractivity contribution >= 4 is 53.3 Å². The first-order chi connectivity index (χ1) is 11.1. The molecular weight excluding hydrogens is 471 g/mol. The minimum Gasteiger partial charge on any atom is -0.434 e. The van der Waals surface area contributed by atoms with Gasteiger partial charge in [0, 0.05) is 36.0 Å². The standard InChI is InChI=1S/C15H20ClF2N3OS.HI/c1-19-15(21-12-3-2-6-23-9-12)20-8-10-7-11(16)4-5-13(10)22-14(17)18;/h4-5,7,12,14H,2-3,6,8-9H2,1H3,(H2,19,20,21);1H. The Bertz CT molecular complexity index is 545. The van der Waals surface area contributed by atoms with Gasteiger partial charge in [-0.15, -0.1) is 24.0 Å². The number of halogens is 4. The fourth-order valence-electron chi connectivity index (χ4n) is 2.32. The van der Waals surface area contributed by atoms with Gasteiger partial charge in [-0.25, -0.2) is 0 Å². The van der Waals surface area contributed by atoms with E-state index < -0.39 is 6.61 Å². The number of hydrogen-bond acceptors (Lipinski definition) is 3. The molecule has 0 saturated carbocycles. The van der Waals surface area contributed by atoms with E-state index in [-0.39, 0.29) is 29.7 Å². The van der Waals surface area contributed by atoms with Gasteiger partial charge in [0.15, 0.2) is 5.96 Å². The highest BCUT2D eigenvalue weighted by atomic mass is 127. The molecule has 1 fully saturated rings. The number of nitrogens with one attached hydrogen (secondary N) is 2. The van der Waals surface area contributed by atoms with Crippen LogP contribution in [0, 0.1) is 0 Å². The highest BCUT2D eigenvalue weighted by Crippen LogP contribution is 2.24. The predicted octanol–water partition coefficient (Wildman–Crippen LogP) is 4.12. The molecule has 0 aliphatic carbocycles. The molecule has 1 aliphatic heterocycles. The lowest BCUT2D eigenvalue weighted by Gasteiger charge is -2.24. The van der Waals surface area contributed by atoms with Gasteiger partial charge < -0.3 is 15.4 Å². The summed E-state index contributed by atoms with van der Waals surface area (Å²) in [6.07, 6.45) is 2.28. The van der Waals surface area contributed by atoms with Crippen molar-refractivity contribution in [1.29, 1.82) is 0 Å². The Morgan fingerprint density at radius 1 is 1.50 bits per heavy atom. The average Bonchev–Trinajstić information content (AvgIpc) is 2.54. The zero-order chi connectivity index (χ0) is 16.7. The Hall–Kier alpha value is -0.480. The predicted molar refractivity (Wildman–Crippen MR) is 107 cm³/mol. The number of guanidine groups is 1. The van der Waals surface area contributed by atoms with Crippen LogP contribution >= 0.6 is 47.3 Å². The van der Waals surface area contributed by atoms with Crippen molar-refractivity contribution in [3.63, 3.8) is 0 Å². The topological polar surface area (TPSA) is 45.7 Å². The average molecular weight is 492 g/mol. The summed E-state index contributed by atoms with van der Waals surface area (Å²) in [4.78, 5) is 4.17. The Labute approximate surface area is 167 Å². The molecule has 9 heteroatoms. The van der Waals surface area contributed by atoms with Gasteiger partial charge in [-0.1, -0.05) is 11.6 Å². The maximum atomic E-state index is 12.5. The monoisotopic (exact) mass is 491 g/mol. The highest BCUT2D eigenvalue weighted by molar-refractivity contribution is 14.0. The molecule has 2 N–H and O–H groups in total. The molecule has 1 heterocycles. The maximum absolute atomic E-state index is 12.5. The summed E-state index contributed by atoms with van der Waals surface area (Å²) in [5.74, 6) is 2.99. The first kappa shape index (κ1) is 21.6. The Morgan fingerprint density at radius 3 is 2.92 bits per heavy atom. The summed E-state index contributed by atoms with van der Waals surface area (Å²) in [6.45, 7) is -2.58. The van der Waals surface area contributed by atoms with Gasteiger partial charge in [0.25, 0.3) is 0 Å². The molecular formula is C15H21ClF2IN3OS. The van der Waals surface area contributed by atoms with E-state index in [1.54, 1.807) is 13.1 Å². The molecule has 1 aromatic rings. The number of rotatable bonds is 5. The minimum absolute atomic E-state index is 0. The van der Waals surface area contributed by atoms with Crippen LogP contribution in [0.1, 0.15) is 18.4 Å². The SMILES string of the molecule is CN=C(NCc1cc(Cl)ccc1OC(F)F)NC1CCCSC1.I. The molecule has 1 aliphatic rings. The zero-order valence-corrected chi connectivity index (χ0v) is 17.1. The number of nitrogens with zero attached hydrogens (tertiary/aromatic N) is 1. The molecule has 1 saturated heterocycles. The molecule has 1 unspecified atom stereocenters. The molecule has 4 nitrogen and oxygen atoms in total. The lowest BCUT2D eigenvalue weighted by molar-refractivity contribution is -0.0504. The summed E-state index contributed by atoms with van der Waals surface area (Å²) in [6, 6.07) is 4.95. The Morgan fingerprint density at radius 2 is 2.29 bits per heavy atom. The van der Waals surface area contributed by atoms with Crippen molar-refractivity contribution in [2.24, 2.45) is 4.99 Å². The van der Waals surface area contributed by atoms with E-state index in [1.165, 1.54) is 24.3 Å². The molecule has 136 valence electrons. The number of benzene rings is 1. The summed E-state index contributed by atoms with van der Waals surface area (Å²) < 4.78 is 29.4. The third-order valence-corrected chi connectivity index (χ3v) is 4.86. The summed E-state index contributed by atoms with van der Waals surface area (Å²) in [7, 11) is 1.68. The van der Waals surface area contributed by atoms with Gasteiger partial charge in [0.2, 0.25) is 0 Å². The van der Waals surface area contributed by atoms with Crippen molar-refractivity contribution in [2.75, 3.05) is 18.6 Å². The molecule has 24 heavy (non-hydrogen) atoms. The van der Waals surface area contributed by atoms with Gasteiger partial charge >= 0.3 is 6.61 Å². The van der Waals surface area contributed by atoms with E-state index in [9.17, 15) is 8.78 Å². The molecule has 0 spiro atoms. The van der Waals surface area contributed by atoms with Crippen LogP contribution in [0.25, 0.3) is 0 Å². The van der Waals surface area contributed by atoms with E-state index in [0.29, 0.717) is 29.1 Å². The maximum Gasteiger partial charge on any atom is 0.387 e. The third kappa shape index (κ3) is 7.18. The van der Waals surface area contributed by atoms with Crippen LogP contribution in [0.5, 0.6) is 5.75 Å². The lowest BCUT2D eigenvalue weighted by atomic mass is 10.2. The minimum atomic E-state index is -2.87. The Kier molecular flexibility index (Phi) is 10.1. The molecule has 1 atom stereocenters. The zero-order valence-electron chi connectivity index (χ0n) is 13.2. The fraction of sp³-hybridized carbons (Fsp3) is 0.533. The van der Waals surface area contributed by atoms with E-state index >= 15 is 0 Å². The number of ether oxygens (including phenoxy) is 1. The van der Waals surface area contributed by atoms with E-state index in [0.717, 1.165) is 12.2 Å². The largest absolute Gasteiger partial charge is 0.434 e. The number of hydrogen-bond donors (Lipinski definition) is 2. The third-order valence-electron chi connectivity index (χ3n) is 3.41. The first-order valence-corrected chi connectivity index (χ1v) is 8.90. The number of thioether (sulfide) groups is 1. The molecule has 0 aromatic heterocycles. The van der Waals surface area contributed by atoms with Crippen LogP contribution in [0.2, 0.25) is 5.02 Å². The van der Waals surface area contributed by atoms with E-state index in [2.05, 4.69) is 20.4 Å². The summed E-state index contributed by atoms with van der Waals surface area (Å²) in [5, 5.41) is 6.93. The molecule has 0 radical (unpaired) electrons. The lowest BCUT2D eigenvalue weighted by Crippen LogP contribution is -2.45.